The number of nitrogens with zero attached hydrogens (tertiary/aromatic N) is 5. The molecule has 0 aliphatic rings. The molecular formula is C21H14F3N7O. The van der Waals surface area contributed by atoms with E-state index in [1.54, 1.807) is 6.92 Å². The van der Waals surface area contributed by atoms with Crippen molar-refractivity contribution in [1.82, 2.24) is 29.5 Å². The smallest absolute Gasteiger partial charge is 0.266 e. The number of halogens is 3. The fraction of sp³-hybridized carbons (Fsp3) is 0.0952. The van der Waals surface area contributed by atoms with Gasteiger partial charge in [0.05, 0.1) is 29.0 Å². The van der Waals surface area contributed by atoms with Crippen molar-refractivity contribution in [3.8, 4) is 5.69 Å². The Bertz CT molecular complexity index is 1550. The van der Waals surface area contributed by atoms with Crippen molar-refractivity contribution in [3.05, 3.63) is 82.7 Å². The van der Waals surface area contributed by atoms with Crippen molar-refractivity contribution in [2.75, 3.05) is 5.32 Å². The van der Waals surface area contributed by atoms with E-state index in [2.05, 4.69) is 30.2 Å². The normalized spacial score (nSPS) is 12.4. The number of benzene rings is 2. The molecule has 1 atom stereocenters. The largest absolute Gasteiger partial charge is 0.358 e. The summed E-state index contributed by atoms with van der Waals surface area (Å²) in [7, 11) is 0. The van der Waals surface area contributed by atoms with E-state index in [1.807, 2.05) is 0 Å². The maximum atomic E-state index is 14.7. The summed E-state index contributed by atoms with van der Waals surface area (Å²) in [6.45, 7) is 1.69. The molecule has 0 aliphatic heterocycles. The van der Waals surface area contributed by atoms with Crippen molar-refractivity contribution >= 4 is 27.9 Å². The first-order valence-corrected chi connectivity index (χ1v) is 9.50. The van der Waals surface area contributed by atoms with E-state index in [0.717, 1.165) is 22.8 Å². The van der Waals surface area contributed by atoms with Crippen LogP contribution in [0.5, 0.6) is 0 Å². The summed E-state index contributed by atoms with van der Waals surface area (Å²) in [6, 6.07) is 5.71. The minimum absolute atomic E-state index is 0.0404. The Hall–Kier alpha value is -4.28. The Labute approximate surface area is 177 Å². The highest BCUT2D eigenvalue weighted by Gasteiger charge is 2.22. The molecule has 0 bridgehead atoms. The molecule has 160 valence electrons. The second-order valence-corrected chi connectivity index (χ2v) is 7.06. The van der Waals surface area contributed by atoms with Crippen molar-refractivity contribution < 1.29 is 13.2 Å². The van der Waals surface area contributed by atoms with E-state index in [0.29, 0.717) is 23.0 Å². The zero-order valence-electron chi connectivity index (χ0n) is 16.5. The van der Waals surface area contributed by atoms with Crippen LogP contribution in [0.25, 0.3) is 27.8 Å². The van der Waals surface area contributed by atoms with Gasteiger partial charge in [-0.15, -0.1) is 0 Å². The topological polar surface area (TPSA) is 101 Å². The van der Waals surface area contributed by atoms with Gasteiger partial charge in [0.1, 0.15) is 35.1 Å². The molecule has 0 saturated heterocycles. The Morgan fingerprint density at radius 1 is 1.03 bits per heavy atom. The molecule has 2 N–H and O–H groups in total. The standard InChI is InChI=1S/C21H14F3N7O/c1-10(29-19-17-18(26-8-25-17)27-9-28-19)20-30-15-4-2-11(22)6-13(15)21(32)31(20)16-5-3-12(23)7-14(16)24/h2-10H,1H3,(H2,25,26,27,28,29)/t10-/m0/s1. The number of nitrogens with one attached hydrogen (secondary N) is 2. The molecule has 0 unspecified atom stereocenters. The van der Waals surface area contributed by atoms with Crippen LogP contribution in [-0.2, 0) is 0 Å². The number of fused-ring (bicyclic) bond motifs is 2. The molecule has 8 nitrogen and oxygen atoms in total. The van der Waals surface area contributed by atoms with Crippen LogP contribution in [-0.4, -0.2) is 29.5 Å². The van der Waals surface area contributed by atoms with Gasteiger partial charge < -0.3 is 10.3 Å². The summed E-state index contributed by atoms with van der Waals surface area (Å²) in [5.74, 6) is -1.92. The van der Waals surface area contributed by atoms with E-state index in [-0.39, 0.29) is 22.4 Å². The molecule has 0 saturated carbocycles. The Kier molecular flexibility index (Phi) is 4.58. The fourth-order valence-electron chi connectivity index (χ4n) is 3.50. The SMILES string of the molecule is C[C@H](Nc1ncnc2[nH]cnc12)c1nc2ccc(F)cc2c(=O)n1-c1ccc(F)cc1F. The summed E-state index contributed by atoms with van der Waals surface area (Å²) >= 11 is 0. The van der Waals surface area contributed by atoms with Crippen LogP contribution in [0.3, 0.4) is 0 Å². The third-order valence-electron chi connectivity index (χ3n) is 4.96. The third kappa shape index (κ3) is 3.23. The van der Waals surface area contributed by atoms with Crippen LogP contribution >= 0.6 is 0 Å². The molecule has 3 aromatic heterocycles. The van der Waals surface area contributed by atoms with Crippen molar-refractivity contribution in [2.24, 2.45) is 0 Å². The van der Waals surface area contributed by atoms with Gasteiger partial charge in [-0.1, -0.05) is 0 Å². The average Bonchev–Trinajstić information content (AvgIpc) is 3.25. The average molecular weight is 437 g/mol. The second kappa shape index (κ2) is 7.45. The van der Waals surface area contributed by atoms with Gasteiger partial charge in [0.2, 0.25) is 0 Å². The summed E-state index contributed by atoms with van der Waals surface area (Å²) in [6.07, 6.45) is 2.79. The van der Waals surface area contributed by atoms with Crippen LogP contribution < -0.4 is 10.9 Å². The van der Waals surface area contributed by atoms with Gasteiger partial charge in [0, 0.05) is 6.07 Å². The van der Waals surface area contributed by atoms with E-state index < -0.39 is 29.1 Å². The molecule has 0 spiro atoms. The number of aromatic amines is 1. The number of hydrogen-bond donors (Lipinski definition) is 2. The molecule has 3 heterocycles. The van der Waals surface area contributed by atoms with E-state index >= 15 is 0 Å². The van der Waals surface area contributed by atoms with Crippen molar-refractivity contribution in [1.29, 1.82) is 0 Å². The molecular weight excluding hydrogens is 423 g/mol. The van der Waals surface area contributed by atoms with Crippen LogP contribution in [0.1, 0.15) is 18.8 Å². The quantitative estimate of drug-likeness (QED) is 0.445. The summed E-state index contributed by atoms with van der Waals surface area (Å²) < 4.78 is 43.0. The number of rotatable bonds is 4. The summed E-state index contributed by atoms with van der Waals surface area (Å²) in [5, 5.41) is 3.06. The molecule has 32 heavy (non-hydrogen) atoms. The molecule has 5 aromatic rings. The lowest BCUT2D eigenvalue weighted by Crippen LogP contribution is -2.28. The monoisotopic (exact) mass is 437 g/mol. The molecule has 0 amide bonds. The lowest BCUT2D eigenvalue weighted by Gasteiger charge is -2.20. The lowest BCUT2D eigenvalue weighted by molar-refractivity contribution is 0.572. The van der Waals surface area contributed by atoms with Gasteiger partial charge >= 0.3 is 0 Å². The molecule has 0 radical (unpaired) electrons. The fourth-order valence-corrected chi connectivity index (χ4v) is 3.50. The zero-order valence-corrected chi connectivity index (χ0v) is 16.5. The number of imidazole rings is 1. The molecule has 11 heteroatoms. The number of aromatic nitrogens is 6. The van der Waals surface area contributed by atoms with E-state index in [1.165, 1.54) is 24.8 Å². The first-order valence-electron chi connectivity index (χ1n) is 9.50. The molecule has 2 aromatic carbocycles. The van der Waals surface area contributed by atoms with Gasteiger partial charge in [0.25, 0.3) is 5.56 Å². The number of H-pyrrole nitrogens is 1. The highest BCUT2D eigenvalue weighted by atomic mass is 19.1. The zero-order chi connectivity index (χ0) is 22.4. The second-order valence-electron chi connectivity index (χ2n) is 7.06. The van der Waals surface area contributed by atoms with Crippen LogP contribution in [0.15, 0.2) is 53.8 Å². The molecule has 0 fully saturated rings. The Morgan fingerprint density at radius 2 is 1.81 bits per heavy atom. The highest BCUT2D eigenvalue weighted by molar-refractivity contribution is 5.82. The van der Waals surface area contributed by atoms with Gasteiger partial charge in [-0.3, -0.25) is 9.36 Å². The van der Waals surface area contributed by atoms with Gasteiger partial charge in [-0.05, 0) is 37.3 Å². The molecule has 5 rings (SSSR count). The van der Waals surface area contributed by atoms with Crippen molar-refractivity contribution in [3.63, 3.8) is 0 Å². The van der Waals surface area contributed by atoms with E-state index in [4.69, 9.17) is 0 Å². The maximum Gasteiger partial charge on any atom is 0.266 e. The highest BCUT2D eigenvalue weighted by Crippen LogP contribution is 2.25. The van der Waals surface area contributed by atoms with Gasteiger partial charge in [-0.25, -0.2) is 33.1 Å². The predicted octanol–water partition coefficient (Wildman–Crippen LogP) is 3.64. The van der Waals surface area contributed by atoms with E-state index in [9.17, 15) is 18.0 Å². The molecule has 0 aliphatic carbocycles. The van der Waals surface area contributed by atoms with Crippen LogP contribution in [0.4, 0.5) is 19.0 Å². The minimum Gasteiger partial charge on any atom is -0.358 e. The Balaban J connectivity index is 1.73. The third-order valence-corrected chi connectivity index (χ3v) is 4.96. The van der Waals surface area contributed by atoms with Crippen LogP contribution in [0.2, 0.25) is 0 Å². The first kappa shape index (κ1) is 19.7. The van der Waals surface area contributed by atoms with Crippen LogP contribution in [0, 0.1) is 17.5 Å². The Morgan fingerprint density at radius 3 is 2.62 bits per heavy atom. The van der Waals surface area contributed by atoms with Gasteiger partial charge in [0.15, 0.2) is 11.5 Å². The summed E-state index contributed by atoms with van der Waals surface area (Å²) in [4.78, 5) is 33.1. The first-order chi connectivity index (χ1) is 15.4. The number of anilines is 1. The summed E-state index contributed by atoms with van der Waals surface area (Å²) in [5.41, 5.74) is 0.275. The van der Waals surface area contributed by atoms with Crippen molar-refractivity contribution in [2.45, 2.75) is 13.0 Å². The van der Waals surface area contributed by atoms with Gasteiger partial charge in [-0.2, -0.15) is 0 Å². The minimum atomic E-state index is -0.963. The lowest BCUT2D eigenvalue weighted by atomic mass is 10.2. The maximum absolute atomic E-state index is 14.7. The number of hydrogen-bond acceptors (Lipinski definition) is 6. The predicted molar refractivity (Wildman–Crippen MR) is 111 cm³/mol.